The van der Waals surface area contributed by atoms with E-state index in [0.717, 1.165) is 12.1 Å². The summed E-state index contributed by atoms with van der Waals surface area (Å²) in [4.78, 5) is 10.6. The van der Waals surface area contributed by atoms with Crippen LogP contribution in [0.15, 0.2) is 34.9 Å². The molecule has 19 heavy (non-hydrogen) atoms. The summed E-state index contributed by atoms with van der Waals surface area (Å²) in [6.07, 6.45) is -4.64. The molecule has 4 nitrogen and oxygen atoms in total. The van der Waals surface area contributed by atoms with Crippen molar-refractivity contribution in [3.8, 4) is 0 Å². The molecule has 0 aliphatic heterocycles. The van der Waals surface area contributed by atoms with E-state index in [1.54, 1.807) is 0 Å². The predicted molar refractivity (Wildman–Crippen MR) is 57.7 cm³/mol. The molecule has 0 fully saturated rings. The molecule has 0 atom stereocenters. The van der Waals surface area contributed by atoms with Crippen molar-refractivity contribution in [1.29, 1.82) is 0 Å². The van der Waals surface area contributed by atoms with Gasteiger partial charge in [-0.15, -0.1) is 0 Å². The third-order valence-electron chi connectivity index (χ3n) is 2.47. The quantitative estimate of drug-likeness (QED) is 0.932. The van der Waals surface area contributed by atoms with Gasteiger partial charge in [0.2, 0.25) is 0 Å². The Morgan fingerprint density at radius 2 is 2.00 bits per heavy atom. The van der Waals surface area contributed by atoms with Crippen LogP contribution in [0, 0.1) is 0 Å². The number of carbonyl (C=O) groups is 1. The molecule has 2 aromatic rings. The summed E-state index contributed by atoms with van der Waals surface area (Å²) in [6.45, 7) is 0. The lowest BCUT2D eigenvalue weighted by Gasteiger charge is -2.11. The van der Waals surface area contributed by atoms with Crippen LogP contribution in [0.25, 0.3) is 0 Å². The van der Waals surface area contributed by atoms with Gasteiger partial charge in [-0.25, -0.2) is 4.79 Å². The van der Waals surface area contributed by atoms with Crippen molar-refractivity contribution in [2.45, 2.75) is 12.6 Å². The Kier molecular flexibility index (Phi) is 3.28. The normalized spacial score (nSPS) is 11.5. The minimum absolute atomic E-state index is 0.00286. The molecule has 7 heteroatoms. The number of hydrogen-bond acceptors (Lipinski definition) is 3. The average Bonchev–Trinajstić information content (AvgIpc) is 2.77. The molecule has 0 saturated carbocycles. The summed E-state index contributed by atoms with van der Waals surface area (Å²) in [6, 6.07) is 6.14. The van der Waals surface area contributed by atoms with Gasteiger partial charge in [0.05, 0.1) is 5.56 Å². The first kappa shape index (κ1) is 13.1. The smallest absolute Gasteiger partial charge is 0.416 e. The SMILES string of the molecule is O=C(O)c1cc(Cc2ccccc2C(F)(F)F)on1. The van der Waals surface area contributed by atoms with E-state index < -0.39 is 17.7 Å². The largest absolute Gasteiger partial charge is 0.476 e. The number of carboxylic acid groups (broad SMARTS) is 1. The zero-order valence-electron chi connectivity index (χ0n) is 9.44. The minimum atomic E-state index is -4.47. The van der Waals surface area contributed by atoms with Gasteiger partial charge >= 0.3 is 12.1 Å². The highest BCUT2D eigenvalue weighted by Gasteiger charge is 2.33. The third kappa shape index (κ3) is 2.93. The highest BCUT2D eigenvalue weighted by Crippen LogP contribution is 2.32. The fraction of sp³-hybridized carbons (Fsp3) is 0.167. The van der Waals surface area contributed by atoms with Gasteiger partial charge in [0, 0.05) is 12.5 Å². The Morgan fingerprint density at radius 1 is 1.32 bits per heavy atom. The number of nitrogens with zero attached hydrogens (tertiary/aromatic N) is 1. The predicted octanol–water partition coefficient (Wildman–Crippen LogP) is 2.98. The second-order valence-corrected chi connectivity index (χ2v) is 3.82. The maximum Gasteiger partial charge on any atom is 0.416 e. The van der Waals surface area contributed by atoms with Crippen LogP contribution >= 0.6 is 0 Å². The molecule has 1 heterocycles. The first-order valence-electron chi connectivity index (χ1n) is 5.22. The summed E-state index contributed by atoms with van der Waals surface area (Å²) >= 11 is 0. The van der Waals surface area contributed by atoms with Crippen LogP contribution in [0.3, 0.4) is 0 Å². The number of hydrogen-bond donors (Lipinski definition) is 1. The molecular weight excluding hydrogens is 263 g/mol. The highest BCUT2D eigenvalue weighted by atomic mass is 19.4. The van der Waals surface area contributed by atoms with Crippen LogP contribution < -0.4 is 0 Å². The Balaban J connectivity index is 2.30. The number of halogens is 3. The fourth-order valence-corrected chi connectivity index (χ4v) is 1.64. The molecule has 2 rings (SSSR count). The number of aromatic nitrogens is 1. The molecule has 0 spiro atoms. The van der Waals surface area contributed by atoms with E-state index in [1.165, 1.54) is 18.2 Å². The van der Waals surface area contributed by atoms with Crippen LogP contribution in [0.4, 0.5) is 13.2 Å². The van der Waals surface area contributed by atoms with E-state index in [4.69, 9.17) is 9.63 Å². The van der Waals surface area contributed by atoms with E-state index in [9.17, 15) is 18.0 Å². The first-order chi connectivity index (χ1) is 8.88. The maximum atomic E-state index is 12.7. The van der Waals surface area contributed by atoms with Gasteiger partial charge < -0.3 is 9.63 Å². The van der Waals surface area contributed by atoms with Crippen LogP contribution in [-0.4, -0.2) is 16.2 Å². The summed E-state index contributed by atoms with van der Waals surface area (Å²) in [5.74, 6) is -1.23. The van der Waals surface area contributed by atoms with E-state index in [0.29, 0.717) is 0 Å². The second-order valence-electron chi connectivity index (χ2n) is 3.82. The van der Waals surface area contributed by atoms with E-state index >= 15 is 0 Å². The molecule has 1 N–H and O–H groups in total. The zero-order valence-corrected chi connectivity index (χ0v) is 9.44. The van der Waals surface area contributed by atoms with Gasteiger partial charge in [0.25, 0.3) is 0 Å². The van der Waals surface area contributed by atoms with Crippen molar-refractivity contribution in [1.82, 2.24) is 5.16 Å². The molecule has 100 valence electrons. The highest BCUT2D eigenvalue weighted by molar-refractivity contribution is 5.85. The Labute approximate surface area is 105 Å². The van der Waals surface area contributed by atoms with E-state index in [2.05, 4.69) is 5.16 Å². The third-order valence-corrected chi connectivity index (χ3v) is 2.47. The fourth-order valence-electron chi connectivity index (χ4n) is 1.64. The average molecular weight is 271 g/mol. The van der Waals surface area contributed by atoms with Gasteiger partial charge in [0.1, 0.15) is 5.76 Å². The summed E-state index contributed by atoms with van der Waals surface area (Å²) < 4.78 is 42.9. The Hall–Kier alpha value is -2.31. The summed E-state index contributed by atoms with van der Waals surface area (Å²) in [5.41, 5.74) is -1.11. The van der Waals surface area contributed by atoms with Crippen LogP contribution in [0.2, 0.25) is 0 Å². The number of carboxylic acids is 1. The first-order valence-corrected chi connectivity index (χ1v) is 5.22. The standard InChI is InChI=1S/C12H8F3NO3/c13-12(14,15)9-4-2-1-3-7(9)5-8-6-10(11(17)18)16-19-8/h1-4,6H,5H2,(H,17,18). The zero-order chi connectivity index (χ0) is 14.0. The lowest BCUT2D eigenvalue weighted by atomic mass is 10.0. The lowest BCUT2D eigenvalue weighted by Crippen LogP contribution is -2.09. The number of benzene rings is 1. The molecule has 1 aromatic carbocycles. The number of aromatic carboxylic acids is 1. The van der Waals surface area contributed by atoms with Crippen molar-refractivity contribution in [2.24, 2.45) is 0 Å². The van der Waals surface area contributed by atoms with Crippen LogP contribution in [-0.2, 0) is 12.6 Å². The van der Waals surface area contributed by atoms with Crippen molar-refractivity contribution in [3.05, 3.63) is 52.9 Å². The van der Waals surface area contributed by atoms with Crippen molar-refractivity contribution >= 4 is 5.97 Å². The molecular formula is C12H8F3NO3. The monoisotopic (exact) mass is 271 g/mol. The van der Waals surface area contributed by atoms with Crippen molar-refractivity contribution < 1.29 is 27.6 Å². The minimum Gasteiger partial charge on any atom is -0.476 e. The molecule has 0 amide bonds. The van der Waals surface area contributed by atoms with Crippen LogP contribution in [0.5, 0.6) is 0 Å². The van der Waals surface area contributed by atoms with Gasteiger partial charge in [-0.2, -0.15) is 13.2 Å². The lowest BCUT2D eigenvalue weighted by molar-refractivity contribution is -0.138. The Bertz CT molecular complexity index is 604. The summed E-state index contributed by atoms with van der Waals surface area (Å²) in [5, 5.41) is 11.9. The molecule has 0 saturated heterocycles. The molecule has 1 aromatic heterocycles. The molecule has 0 unspecified atom stereocenters. The van der Waals surface area contributed by atoms with Gasteiger partial charge in [-0.3, -0.25) is 0 Å². The van der Waals surface area contributed by atoms with Crippen molar-refractivity contribution in [2.75, 3.05) is 0 Å². The maximum absolute atomic E-state index is 12.7. The topological polar surface area (TPSA) is 63.3 Å². The molecule has 0 radical (unpaired) electrons. The molecule has 0 bridgehead atoms. The second kappa shape index (κ2) is 4.75. The van der Waals surface area contributed by atoms with E-state index in [1.807, 2.05) is 0 Å². The van der Waals surface area contributed by atoms with Crippen LogP contribution in [0.1, 0.15) is 27.4 Å². The van der Waals surface area contributed by atoms with Gasteiger partial charge in [-0.05, 0) is 11.6 Å². The van der Waals surface area contributed by atoms with E-state index in [-0.39, 0.29) is 23.4 Å². The number of alkyl halides is 3. The molecule has 0 aliphatic rings. The Morgan fingerprint density at radius 3 is 2.58 bits per heavy atom. The van der Waals surface area contributed by atoms with Gasteiger partial charge in [-0.1, -0.05) is 23.4 Å². The summed E-state index contributed by atoms with van der Waals surface area (Å²) in [7, 11) is 0. The molecule has 0 aliphatic carbocycles. The number of rotatable bonds is 3. The van der Waals surface area contributed by atoms with Crippen molar-refractivity contribution in [3.63, 3.8) is 0 Å². The van der Waals surface area contributed by atoms with Gasteiger partial charge in [0.15, 0.2) is 5.69 Å².